The van der Waals surface area contributed by atoms with Crippen LogP contribution in [0.1, 0.15) is 18.1 Å². The van der Waals surface area contributed by atoms with Crippen molar-refractivity contribution in [2.45, 2.75) is 18.6 Å². The van der Waals surface area contributed by atoms with E-state index in [-0.39, 0.29) is 29.2 Å². The molecule has 3 rings (SSSR count). The highest BCUT2D eigenvalue weighted by atomic mass is 32.2. The van der Waals surface area contributed by atoms with Crippen LogP contribution in [0, 0.1) is 11.6 Å². The number of anilines is 1. The molecular weight excluding hydrogens is 412 g/mol. The van der Waals surface area contributed by atoms with Crippen molar-refractivity contribution in [1.29, 1.82) is 0 Å². The van der Waals surface area contributed by atoms with Crippen LogP contribution >= 0.6 is 11.8 Å². The van der Waals surface area contributed by atoms with E-state index >= 15 is 0 Å². The highest BCUT2D eigenvalue weighted by Crippen LogP contribution is 2.16. The monoisotopic (exact) mass is 431 g/mol. The first-order valence-electron chi connectivity index (χ1n) is 8.83. The van der Waals surface area contributed by atoms with E-state index in [1.165, 1.54) is 28.9 Å². The topological polar surface area (TPSA) is 110 Å². The van der Waals surface area contributed by atoms with E-state index in [2.05, 4.69) is 26.0 Å². The summed E-state index contributed by atoms with van der Waals surface area (Å²) in [6, 6.07) is 11.8. The number of hydrogen-bond donors (Lipinski definition) is 3. The van der Waals surface area contributed by atoms with Gasteiger partial charge in [-0.25, -0.2) is 18.9 Å². The quantitative estimate of drug-likeness (QED) is 0.219. The summed E-state index contributed by atoms with van der Waals surface area (Å²) in [6.07, 6.45) is 0. The number of nitrogens with two attached hydrogens (primary N) is 1. The lowest BCUT2D eigenvalue weighted by Crippen LogP contribution is -2.25. The Bertz CT molecular complexity index is 1040. The fourth-order valence-corrected chi connectivity index (χ4v) is 3.01. The second-order valence-electron chi connectivity index (χ2n) is 6.18. The molecule has 3 aromatic rings. The molecule has 0 aliphatic heterocycles. The van der Waals surface area contributed by atoms with Gasteiger partial charge >= 0.3 is 0 Å². The molecule has 1 heterocycles. The third kappa shape index (κ3) is 5.77. The van der Waals surface area contributed by atoms with Crippen molar-refractivity contribution < 1.29 is 13.6 Å². The Balaban J connectivity index is 1.50. The SMILES string of the molecule is C/C(=N\Nc1nnc(SCC(=O)NCc2ccc(F)cc2)n1N)c1ccc(F)cc1. The van der Waals surface area contributed by atoms with Gasteiger partial charge in [0, 0.05) is 6.54 Å². The fraction of sp³-hybridized carbons (Fsp3) is 0.158. The van der Waals surface area contributed by atoms with Gasteiger partial charge in [0.2, 0.25) is 11.1 Å². The molecule has 0 spiro atoms. The number of thioether (sulfide) groups is 1. The van der Waals surface area contributed by atoms with E-state index in [4.69, 9.17) is 5.84 Å². The molecule has 156 valence electrons. The molecule has 30 heavy (non-hydrogen) atoms. The number of nitrogen functional groups attached to an aromatic ring is 1. The first-order valence-corrected chi connectivity index (χ1v) is 9.81. The zero-order chi connectivity index (χ0) is 21.5. The molecule has 0 fully saturated rings. The number of nitrogens with one attached hydrogen (secondary N) is 2. The van der Waals surface area contributed by atoms with Crippen LogP contribution in [0.4, 0.5) is 14.7 Å². The maximum atomic E-state index is 13.0. The average molecular weight is 431 g/mol. The van der Waals surface area contributed by atoms with Gasteiger partial charge in [0.05, 0.1) is 11.5 Å². The molecule has 0 saturated heterocycles. The molecule has 2 aromatic carbocycles. The van der Waals surface area contributed by atoms with Crippen LogP contribution in [0.5, 0.6) is 0 Å². The molecule has 0 atom stereocenters. The maximum absolute atomic E-state index is 13.0. The second kappa shape index (κ2) is 9.83. The summed E-state index contributed by atoms with van der Waals surface area (Å²) in [6.45, 7) is 2.04. The molecule has 8 nitrogen and oxygen atoms in total. The highest BCUT2D eigenvalue weighted by Gasteiger charge is 2.12. The number of hydrazone groups is 1. The van der Waals surface area contributed by atoms with Gasteiger partial charge in [-0.1, -0.05) is 36.0 Å². The zero-order valence-electron chi connectivity index (χ0n) is 16.0. The molecule has 11 heteroatoms. The van der Waals surface area contributed by atoms with Gasteiger partial charge in [-0.2, -0.15) is 5.10 Å². The Morgan fingerprint density at radius 2 is 1.73 bits per heavy atom. The van der Waals surface area contributed by atoms with E-state index in [1.807, 2.05) is 0 Å². The van der Waals surface area contributed by atoms with Crippen LogP contribution in [-0.4, -0.2) is 32.2 Å². The van der Waals surface area contributed by atoms with E-state index in [1.54, 1.807) is 31.2 Å². The van der Waals surface area contributed by atoms with E-state index in [9.17, 15) is 13.6 Å². The summed E-state index contributed by atoms with van der Waals surface area (Å²) in [5, 5.41) is 15.0. The lowest BCUT2D eigenvalue weighted by atomic mass is 10.1. The molecule has 0 bridgehead atoms. The predicted octanol–water partition coefficient (Wildman–Crippen LogP) is 2.51. The lowest BCUT2D eigenvalue weighted by Gasteiger charge is -2.06. The Morgan fingerprint density at radius 3 is 2.40 bits per heavy atom. The number of carbonyl (C=O) groups is 1. The van der Waals surface area contributed by atoms with Crippen molar-refractivity contribution in [3.63, 3.8) is 0 Å². The van der Waals surface area contributed by atoms with Crippen LogP contribution in [0.2, 0.25) is 0 Å². The molecule has 0 aliphatic rings. The Kier molecular flexibility index (Phi) is 6.96. The molecule has 1 amide bonds. The zero-order valence-corrected chi connectivity index (χ0v) is 16.8. The average Bonchev–Trinajstić information content (AvgIpc) is 3.10. The highest BCUT2D eigenvalue weighted by molar-refractivity contribution is 7.99. The van der Waals surface area contributed by atoms with E-state index in [0.717, 1.165) is 22.9 Å². The maximum Gasteiger partial charge on any atom is 0.264 e. The van der Waals surface area contributed by atoms with Crippen LogP contribution < -0.4 is 16.6 Å². The van der Waals surface area contributed by atoms with E-state index < -0.39 is 0 Å². The van der Waals surface area contributed by atoms with Crippen molar-refractivity contribution in [1.82, 2.24) is 20.2 Å². The fourth-order valence-electron chi connectivity index (χ4n) is 2.33. The minimum atomic E-state index is -0.329. The molecule has 0 aliphatic carbocycles. The normalized spacial score (nSPS) is 11.4. The van der Waals surface area contributed by atoms with E-state index in [0.29, 0.717) is 17.4 Å². The van der Waals surface area contributed by atoms with Gasteiger partial charge in [-0.15, -0.1) is 10.2 Å². The van der Waals surface area contributed by atoms with Crippen LogP contribution in [0.25, 0.3) is 0 Å². The number of halogens is 2. The van der Waals surface area contributed by atoms with Crippen molar-refractivity contribution in [3.8, 4) is 0 Å². The molecule has 0 unspecified atom stereocenters. The molecule has 0 saturated carbocycles. The van der Waals surface area contributed by atoms with Gasteiger partial charge in [-0.05, 0) is 42.3 Å². The van der Waals surface area contributed by atoms with Crippen LogP contribution in [-0.2, 0) is 11.3 Å². The lowest BCUT2D eigenvalue weighted by molar-refractivity contribution is -0.118. The number of aromatic nitrogens is 3. The summed E-state index contributed by atoms with van der Waals surface area (Å²) in [5.41, 5.74) is 4.83. The minimum absolute atomic E-state index is 0.0778. The van der Waals surface area contributed by atoms with Crippen LogP contribution in [0.15, 0.2) is 58.8 Å². The number of nitrogens with zero attached hydrogens (tertiary/aromatic N) is 4. The molecule has 0 radical (unpaired) electrons. The number of amides is 1. The van der Waals surface area contributed by atoms with Crippen molar-refractivity contribution >= 4 is 29.3 Å². The smallest absolute Gasteiger partial charge is 0.264 e. The Labute approximate surface area is 175 Å². The summed E-state index contributed by atoms with van der Waals surface area (Å²) in [5.74, 6) is 5.31. The van der Waals surface area contributed by atoms with Gasteiger partial charge in [0.1, 0.15) is 11.6 Å². The van der Waals surface area contributed by atoms with Crippen molar-refractivity contribution in [2.75, 3.05) is 17.0 Å². The second-order valence-corrected chi connectivity index (χ2v) is 7.13. The number of hydrogen-bond acceptors (Lipinski definition) is 7. The van der Waals surface area contributed by atoms with Gasteiger partial charge < -0.3 is 11.2 Å². The number of benzene rings is 2. The van der Waals surface area contributed by atoms with Crippen molar-refractivity contribution in [2.24, 2.45) is 5.10 Å². The largest absolute Gasteiger partial charge is 0.351 e. The first kappa shape index (κ1) is 21.2. The van der Waals surface area contributed by atoms with Gasteiger partial charge in [-0.3, -0.25) is 4.79 Å². The predicted molar refractivity (Wildman–Crippen MR) is 111 cm³/mol. The minimum Gasteiger partial charge on any atom is -0.351 e. The standard InChI is InChI=1S/C19H19F2N7OS/c1-12(14-4-8-16(21)9-5-14)24-25-18-26-27-19(28(18)22)30-11-17(29)23-10-13-2-6-15(20)7-3-13/h2-9H,10-11,22H2,1H3,(H,23,29)(H,25,26)/b24-12+. The molecular formula is C19H19F2N7OS. The third-order valence-corrected chi connectivity index (χ3v) is 4.93. The summed E-state index contributed by atoms with van der Waals surface area (Å²) in [4.78, 5) is 12.0. The summed E-state index contributed by atoms with van der Waals surface area (Å²) < 4.78 is 27.1. The van der Waals surface area contributed by atoms with Crippen molar-refractivity contribution in [3.05, 3.63) is 71.3 Å². The summed E-state index contributed by atoms with van der Waals surface area (Å²) >= 11 is 1.11. The summed E-state index contributed by atoms with van der Waals surface area (Å²) in [7, 11) is 0. The number of carbonyl (C=O) groups excluding carboxylic acids is 1. The number of rotatable bonds is 8. The Morgan fingerprint density at radius 1 is 1.10 bits per heavy atom. The van der Waals surface area contributed by atoms with Gasteiger partial charge in [0.25, 0.3) is 5.95 Å². The third-order valence-electron chi connectivity index (χ3n) is 3.99. The van der Waals surface area contributed by atoms with Crippen LogP contribution in [0.3, 0.4) is 0 Å². The molecule has 1 aromatic heterocycles. The van der Waals surface area contributed by atoms with Gasteiger partial charge in [0.15, 0.2) is 0 Å². The first-order chi connectivity index (χ1) is 14.4. The molecule has 4 N–H and O–H groups in total. The Hall–Kier alpha value is -3.47.